The topological polar surface area (TPSA) is 41.4 Å². The van der Waals surface area contributed by atoms with Gasteiger partial charge in [0, 0.05) is 56.6 Å². The lowest BCUT2D eigenvalue weighted by Crippen LogP contribution is -2.08. The molecule has 0 radical (unpaired) electrons. The van der Waals surface area contributed by atoms with E-state index in [0.29, 0.717) is 5.82 Å². The van der Waals surface area contributed by atoms with Crippen molar-refractivity contribution in [2.45, 2.75) is 60.3 Å². The van der Waals surface area contributed by atoms with Crippen LogP contribution in [0, 0.1) is 12.8 Å². The highest BCUT2D eigenvalue weighted by molar-refractivity contribution is 6.09. The van der Waals surface area contributed by atoms with Crippen molar-refractivity contribution < 1.29 is 0 Å². The predicted octanol–water partition coefficient (Wildman–Crippen LogP) is 7.87. The molecule has 184 valence electrons. The first-order valence-corrected chi connectivity index (χ1v) is 12.5. The van der Waals surface area contributed by atoms with Gasteiger partial charge in [0.25, 0.3) is 0 Å². The Bertz CT molecular complexity index is 976. The minimum Gasteiger partial charge on any atom is -0.383 e. The highest BCUT2D eigenvalue weighted by atomic mass is 15.0. The van der Waals surface area contributed by atoms with Gasteiger partial charge >= 0.3 is 0 Å². The summed E-state index contributed by atoms with van der Waals surface area (Å²) in [6.07, 6.45) is 15.5. The number of benzene rings is 1. The van der Waals surface area contributed by atoms with Gasteiger partial charge in [-0.25, -0.2) is 9.97 Å². The van der Waals surface area contributed by atoms with Crippen LogP contribution in [0.3, 0.4) is 0 Å². The number of aryl methyl sites for hydroxylation is 1. The van der Waals surface area contributed by atoms with Crippen molar-refractivity contribution in [2.75, 3.05) is 21.1 Å². The minimum atomic E-state index is 0.713. The SMILES string of the molecule is C=C/C(=C\N(C)C)c1cccc(-c2ncc(/C(C=NC)=C/C)c(C)n2)c1.CC.CCC1CCC1. The molecule has 0 saturated heterocycles. The Balaban J connectivity index is 0.000000615. The van der Waals surface area contributed by atoms with Crippen LogP contribution in [0.2, 0.25) is 0 Å². The normalized spacial score (nSPS) is 13.9. The van der Waals surface area contributed by atoms with Crippen LogP contribution in [0.5, 0.6) is 0 Å². The second kappa shape index (κ2) is 15.8. The van der Waals surface area contributed by atoms with Crippen LogP contribution >= 0.6 is 0 Å². The molecule has 1 saturated carbocycles. The molecule has 0 amide bonds. The fourth-order valence-electron chi connectivity index (χ4n) is 3.59. The number of nitrogens with zero attached hydrogens (tertiary/aromatic N) is 4. The van der Waals surface area contributed by atoms with Crippen LogP contribution in [0.25, 0.3) is 22.5 Å². The van der Waals surface area contributed by atoms with Gasteiger partial charge in [0.15, 0.2) is 5.82 Å². The van der Waals surface area contributed by atoms with Crippen LogP contribution < -0.4 is 0 Å². The van der Waals surface area contributed by atoms with Gasteiger partial charge in [0.1, 0.15) is 0 Å². The Kier molecular flexibility index (Phi) is 13.5. The second-order valence-corrected chi connectivity index (χ2v) is 8.36. The summed E-state index contributed by atoms with van der Waals surface area (Å²) in [5.41, 5.74) is 6.07. The lowest BCUT2D eigenvalue weighted by atomic mass is 9.84. The molecule has 1 fully saturated rings. The molecule has 0 aliphatic heterocycles. The number of allylic oxidation sites excluding steroid dienone is 4. The average molecular weight is 461 g/mol. The van der Waals surface area contributed by atoms with Crippen molar-refractivity contribution in [3.63, 3.8) is 0 Å². The molecular formula is C30H44N4. The molecule has 4 heteroatoms. The van der Waals surface area contributed by atoms with Crippen molar-refractivity contribution in [3.8, 4) is 11.4 Å². The highest BCUT2D eigenvalue weighted by Gasteiger charge is 2.13. The van der Waals surface area contributed by atoms with Gasteiger partial charge in [0.05, 0.1) is 0 Å². The highest BCUT2D eigenvalue weighted by Crippen LogP contribution is 2.28. The number of hydrogen-bond donors (Lipinski definition) is 0. The van der Waals surface area contributed by atoms with Gasteiger partial charge in [0.2, 0.25) is 0 Å². The van der Waals surface area contributed by atoms with Gasteiger partial charge in [-0.3, -0.25) is 4.99 Å². The van der Waals surface area contributed by atoms with E-state index in [0.717, 1.165) is 39.4 Å². The zero-order chi connectivity index (χ0) is 25.5. The van der Waals surface area contributed by atoms with Crippen LogP contribution in [-0.4, -0.2) is 42.2 Å². The number of hydrogen-bond acceptors (Lipinski definition) is 4. The fourth-order valence-corrected chi connectivity index (χ4v) is 3.59. The molecule has 1 aliphatic carbocycles. The maximum Gasteiger partial charge on any atom is 0.159 e. The van der Waals surface area contributed by atoms with Crippen molar-refractivity contribution in [1.29, 1.82) is 0 Å². The quantitative estimate of drug-likeness (QED) is 0.312. The summed E-state index contributed by atoms with van der Waals surface area (Å²) >= 11 is 0. The summed E-state index contributed by atoms with van der Waals surface area (Å²) in [5, 5.41) is 0. The molecule has 0 atom stereocenters. The van der Waals surface area contributed by atoms with Gasteiger partial charge in [-0.2, -0.15) is 0 Å². The monoisotopic (exact) mass is 460 g/mol. The number of aliphatic imine (C=N–C) groups is 1. The Morgan fingerprint density at radius 3 is 2.35 bits per heavy atom. The molecule has 0 N–H and O–H groups in total. The fraction of sp³-hybridized carbons (Fsp3) is 0.433. The third-order valence-corrected chi connectivity index (χ3v) is 5.74. The lowest BCUT2D eigenvalue weighted by molar-refractivity contribution is 0.307. The summed E-state index contributed by atoms with van der Waals surface area (Å²) < 4.78 is 0. The number of aromatic nitrogens is 2. The first-order chi connectivity index (χ1) is 16.4. The molecule has 1 aliphatic rings. The molecule has 0 unspecified atom stereocenters. The summed E-state index contributed by atoms with van der Waals surface area (Å²) in [6, 6.07) is 8.21. The zero-order valence-electron chi connectivity index (χ0n) is 22.6. The maximum atomic E-state index is 4.71. The predicted molar refractivity (Wildman–Crippen MR) is 151 cm³/mol. The molecule has 3 rings (SSSR count). The first kappa shape index (κ1) is 29.0. The Hall–Kier alpha value is -3.01. The summed E-state index contributed by atoms with van der Waals surface area (Å²) in [6.45, 7) is 14.2. The first-order valence-electron chi connectivity index (χ1n) is 12.5. The van der Waals surface area contributed by atoms with E-state index in [9.17, 15) is 0 Å². The minimum absolute atomic E-state index is 0.713. The maximum absolute atomic E-state index is 4.71. The van der Waals surface area contributed by atoms with E-state index in [-0.39, 0.29) is 0 Å². The molecular weight excluding hydrogens is 416 g/mol. The van der Waals surface area contributed by atoms with Gasteiger partial charge < -0.3 is 4.90 Å². The van der Waals surface area contributed by atoms with Crippen molar-refractivity contribution in [3.05, 3.63) is 72.2 Å². The molecule has 34 heavy (non-hydrogen) atoms. The summed E-state index contributed by atoms with van der Waals surface area (Å²) in [5.74, 6) is 1.83. The van der Waals surface area contributed by atoms with Gasteiger partial charge in [-0.1, -0.05) is 83.4 Å². The van der Waals surface area contributed by atoms with Crippen molar-refractivity contribution in [1.82, 2.24) is 14.9 Å². The van der Waals surface area contributed by atoms with E-state index < -0.39 is 0 Å². The van der Waals surface area contributed by atoms with Crippen LogP contribution in [0.1, 0.15) is 70.2 Å². The molecule has 1 aromatic carbocycles. The Morgan fingerprint density at radius 2 is 1.91 bits per heavy atom. The van der Waals surface area contributed by atoms with Crippen LogP contribution in [0.4, 0.5) is 0 Å². The van der Waals surface area contributed by atoms with E-state index in [4.69, 9.17) is 4.98 Å². The number of rotatable bonds is 7. The molecule has 1 heterocycles. The standard InChI is InChI=1S/C22H26N4.C6H12.C2H6/c1-7-17(13-23-4)21-14-24-22(25-16(21)3)20-11-9-10-19(12-20)18(8-2)15-26(5)6;1-2-6-4-3-5-6;1-2/h7-15H,2H2,1,3-6H3;6H,2-5H2,1H3;1-2H3/b17-7+,18-15+,23-13?;;. The van der Waals surface area contributed by atoms with E-state index in [2.05, 4.69) is 35.6 Å². The summed E-state index contributed by atoms with van der Waals surface area (Å²) in [7, 11) is 5.76. The van der Waals surface area contributed by atoms with E-state index in [1.165, 1.54) is 25.7 Å². The van der Waals surface area contributed by atoms with Gasteiger partial charge in [-0.15, -0.1) is 0 Å². The van der Waals surface area contributed by atoms with Crippen LogP contribution in [-0.2, 0) is 0 Å². The van der Waals surface area contributed by atoms with E-state index in [1.807, 2.05) is 89.6 Å². The smallest absolute Gasteiger partial charge is 0.159 e. The molecule has 4 nitrogen and oxygen atoms in total. The third-order valence-electron chi connectivity index (χ3n) is 5.74. The van der Waals surface area contributed by atoms with E-state index in [1.54, 1.807) is 7.05 Å². The third kappa shape index (κ3) is 8.74. The van der Waals surface area contributed by atoms with Crippen LogP contribution in [0.15, 0.2) is 60.4 Å². The largest absolute Gasteiger partial charge is 0.383 e. The Morgan fingerprint density at radius 1 is 1.21 bits per heavy atom. The average Bonchev–Trinajstić information content (AvgIpc) is 2.82. The summed E-state index contributed by atoms with van der Waals surface area (Å²) in [4.78, 5) is 15.4. The van der Waals surface area contributed by atoms with Gasteiger partial charge in [-0.05, 0) is 42.5 Å². The zero-order valence-corrected chi connectivity index (χ0v) is 22.6. The second-order valence-electron chi connectivity index (χ2n) is 8.36. The van der Waals surface area contributed by atoms with E-state index >= 15 is 0 Å². The molecule has 0 bridgehead atoms. The molecule has 2 aromatic rings. The Labute approximate surface area is 208 Å². The molecule has 1 aromatic heterocycles. The van der Waals surface area contributed by atoms with Crippen molar-refractivity contribution >= 4 is 17.4 Å². The molecule has 0 spiro atoms. The lowest BCUT2D eigenvalue weighted by Gasteiger charge is -2.22. The van der Waals surface area contributed by atoms with Crippen molar-refractivity contribution in [2.24, 2.45) is 10.9 Å².